The number of pyridine rings is 2. The molecule has 2 heterocycles. The number of amides is 1. The average molecular weight is 385 g/mol. The first-order valence-corrected chi connectivity index (χ1v) is 8.96. The van der Waals surface area contributed by atoms with Crippen LogP contribution in [0.25, 0.3) is 0 Å². The van der Waals surface area contributed by atoms with Crippen LogP contribution in [-0.4, -0.2) is 34.9 Å². The molecule has 0 radical (unpaired) electrons. The minimum atomic E-state index is -2.61. The molecule has 0 spiro atoms. The molecule has 1 amide bonds. The summed E-state index contributed by atoms with van der Waals surface area (Å²) >= 11 is 0. The molecule has 1 aliphatic rings. The number of anilines is 3. The third-order valence-electron chi connectivity index (χ3n) is 4.64. The van der Waals surface area contributed by atoms with Gasteiger partial charge in [-0.25, -0.2) is 18.7 Å². The fraction of sp³-hybridized carbons (Fsp3) is 0.350. The highest BCUT2D eigenvalue weighted by molar-refractivity contribution is 5.99. The maximum atomic E-state index is 13.4. The van der Waals surface area contributed by atoms with Crippen LogP contribution in [0.15, 0.2) is 30.6 Å². The SMILES string of the molecule is C#Cc1ccnc(Nc2cc(NC3CCC(F)(F)CC3)c(C(=O)NC)cn2)c1. The van der Waals surface area contributed by atoms with Crippen LogP contribution in [-0.2, 0) is 0 Å². The van der Waals surface area contributed by atoms with Crippen molar-refractivity contribution in [3.63, 3.8) is 0 Å². The van der Waals surface area contributed by atoms with Crippen LogP contribution < -0.4 is 16.0 Å². The fourth-order valence-corrected chi connectivity index (χ4v) is 3.08. The minimum Gasteiger partial charge on any atom is -0.382 e. The van der Waals surface area contributed by atoms with E-state index in [4.69, 9.17) is 6.42 Å². The lowest BCUT2D eigenvalue weighted by atomic mass is 9.92. The number of carbonyl (C=O) groups is 1. The Kier molecular flexibility index (Phi) is 5.73. The molecular weight excluding hydrogens is 364 g/mol. The van der Waals surface area contributed by atoms with Crippen molar-refractivity contribution in [2.45, 2.75) is 37.6 Å². The normalized spacial score (nSPS) is 16.1. The van der Waals surface area contributed by atoms with E-state index in [1.54, 1.807) is 24.4 Å². The van der Waals surface area contributed by atoms with E-state index < -0.39 is 5.92 Å². The topological polar surface area (TPSA) is 78.9 Å². The molecule has 8 heteroatoms. The van der Waals surface area contributed by atoms with Crippen molar-refractivity contribution in [1.29, 1.82) is 0 Å². The first-order valence-electron chi connectivity index (χ1n) is 8.96. The molecule has 0 atom stereocenters. The Morgan fingerprint density at radius 1 is 1.25 bits per heavy atom. The molecule has 0 aromatic carbocycles. The van der Waals surface area contributed by atoms with Crippen LogP contribution in [0.5, 0.6) is 0 Å². The number of aromatic nitrogens is 2. The molecule has 1 saturated carbocycles. The van der Waals surface area contributed by atoms with Gasteiger partial charge in [0.2, 0.25) is 5.92 Å². The highest BCUT2D eigenvalue weighted by Gasteiger charge is 2.35. The monoisotopic (exact) mass is 385 g/mol. The van der Waals surface area contributed by atoms with Crippen LogP contribution in [0.2, 0.25) is 0 Å². The number of alkyl halides is 2. The van der Waals surface area contributed by atoms with Gasteiger partial charge in [-0.2, -0.15) is 0 Å². The number of nitrogens with one attached hydrogen (secondary N) is 3. The molecule has 1 aliphatic carbocycles. The van der Waals surface area contributed by atoms with E-state index in [1.165, 1.54) is 13.2 Å². The zero-order chi connectivity index (χ0) is 20.1. The van der Waals surface area contributed by atoms with Crippen LogP contribution in [0.1, 0.15) is 41.6 Å². The van der Waals surface area contributed by atoms with Gasteiger partial charge in [-0.05, 0) is 25.0 Å². The van der Waals surface area contributed by atoms with Gasteiger partial charge in [-0.15, -0.1) is 6.42 Å². The minimum absolute atomic E-state index is 0.138. The van der Waals surface area contributed by atoms with Crippen molar-refractivity contribution in [3.05, 3.63) is 41.7 Å². The lowest BCUT2D eigenvalue weighted by Gasteiger charge is -2.30. The number of rotatable bonds is 5. The van der Waals surface area contributed by atoms with E-state index in [1.807, 2.05) is 0 Å². The number of terminal acetylenes is 1. The smallest absolute Gasteiger partial charge is 0.254 e. The summed E-state index contributed by atoms with van der Waals surface area (Å²) in [6.07, 6.45) is 8.74. The molecule has 0 unspecified atom stereocenters. The van der Waals surface area contributed by atoms with Crippen LogP contribution >= 0.6 is 0 Å². The Hall–Kier alpha value is -3.21. The Morgan fingerprint density at radius 3 is 2.64 bits per heavy atom. The highest BCUT2D eigenvalue weighted by Crippen LogP contribution is 2.35. The molecule has 0 saturated heterocycles. The van der Waals surface area contributed by atoms with Gasteiger partial charge in [0.15, 0.2) is 0 Å². The van der Waals surface area contributed by atoms with Gasteiger partial charge < -0.3 is 16.0 Å². The molecule has 28 heavy (non-hydrogen) atoms. The number of hydrogen-bond acceptors (Lipinski definition) is 5. The van der Waals surface area contributed by atoms with Gasteiger partial charge >= 0.3 is 0 Å². The Labute approximate surface area is 162 Å². The lowest BCUT2D eigenvalue weighted by molar-refractivity contribution is -0.0361. The Balaban J connectivity index is 1.82. The van der Waals surface area contributed by atoms with Crippen molar-refractivity contribution < 1.29 is 13.6 Å². The zero-order valence-electron chi connectivity index (χ0n) is 15.4. The second-order valence-electron chi connectivity index (χ2n) is 6.67. The van der Waals surface area contributed by atoms with E-state index >= 15 is 0 Å². The van der Waals surface area contributed by atoms with Gasteiger partial charge in [0.05, 0.1) is 11.3 Å². The summed E-state index contributed by atoms with van der Waals surface area (Å²) in [5.74, 6) is 0.579. The second kappa shape index (κ2) is 8.21. The summed E-state index contributed by atoms with van der Waals surface area (Å²) in [6.45, 7) is 0. The summed E-state index contributed by atoms with van der Waals surface area (Å²) in [4.78, 5) is 20.6. The molecule has 1 fully saturated rings. The molecule has 0 bridgehead atoms. The molecule has 2 aromatic rings. The van der Waals surface area contributed by atoms with Gasteiger partial charge in [-0.1, -0.05) is 5.92 Å². The Bertz CT molecular complexity index is 900. The van der Waals surface area contributed by atoms with Crippen LogP contribution in [0, 0.1) is 12.3 Å². The van der Waals surface area contributed by atoms with Gasteiger partial charge in [0, 0.05) is 50.0 Å². The third kappa shape index (κ3) is 4.74. The molecule has 6 nitrogen and oxygen atoms in total. The van der Waals surface area contributed by atoms with Crippen molar-refractivity contribution in [2.24, 2.45) is 0 Å². The summed E-state index contributed by atoms with van der Waals surface area (Å²) in [5, 5.41) is 8.83. The Morgan fingerprint density at radius 2 is 1.96 bits per heavy atom. The standard InChI is InChI=1S/C20H21F2N5O/c1-3-13-6-9-24-17(10-13)27-18-11-16(15(12-25-18)19(28)23-2)26-14-4-7-20(21,22)8-5-14/h1,6,9-12,14H,4-5,7-8H2,2H3,(H,23,28)(H2,24,25,26,27). The summed E-state index contributed by atoms with van der Waals surface area (Å²) in [6, 6.07) is 4.94. The molecule has 3 rings (SSSR count). The zero-order valence-corrected chi connectivity index (χ0v) is 15.4. The van der Waals surface area contributed by atoms with Gasteiger partial charge in [0.25, 0.3) is 5.91 Å². The molecular formula is C20H21F2N5O. The first-order chi connectivity index (χ1) is 13.4. The van der Waals surface area contributed by atoms with Crippen LogP contribution in [0.4, 0.5) is 26.1 Å². The molecule has 3 N–H and O–H groups in total. The maximum Gasteiger partial charge on any atom is 0.254 e. The third-order valence-corrected chi connectivity index (χ3v) is 4.64. The highest BCUT2D eigenvalue weighted by atomic mass is 19.3. The van der Waals surface area contributed by atoms with Crippen LogP contribution in [0.3, 0.4) is 0 Å². The van der Waals surface area contributed by atoms with Gasteiger partial charge in [0.1, 0.15) is 11.6 Å². The van der Waals surface area contributed by atoms with Crippen molar-refractivity contribution in [2.75, 3.05) is 17.7 Å². The first kappa shape index (κ1) is 19.5. The molecule has 0 aliphatic heterocycles. The lowest BCUT2D eigenvalue weighted by Crippen LogP contribution is -2.33. The van der Waals surface area contributed by atoms with Crippen molar-refractivity contribution in [1.82, 2.24) is 15.3 Å². The van der Waals surface area contributed by atoms with E-state index in [-0.39, 0.29) is 24.8 Å². The predicted octanol–water partition coefficient (Wildman–Crippen LogP) is 3.55. The summed E-state index contributed by atoms with van der Waals surface area (Å²) < 4.78 is 26.8. The number of carbonyl (C=O) groups excluding carboxylic acids is 1. The number of hydrogen-bond donors (Lipinski definition) is 3. The fourth-order valence-electron chi connectivity index (χ4n) is 3.08. The second-order valence-corrected chi connectivity index (χ2v) is 6.67. The van der Waals surface area contributed by atoms with Crippen molar-refractivity contribution in [3.8, 4) is 12.3 Å². The van der Waals surface area contributed by atoms with E-state index in [0.29, 0.717) is 41.3 Å². The number of halogens is 2. The van der Waals surface area contributed by atoms with E-state index in [2.05, 4.69) is 31.8 Å². The van der Waals surface area contributed by atoms with Gasteiger partial charge in [-0.3, -0.25) is 4.79 Å². The number of nitrogens with zero attached hydrogens (tertiary/aromatic N) is 2. The molecule has 2 aromatic heterocycles. The predicted molar refractivity (Wildman–Crippen MR) is 104 cm³/mol. The summed E-state index contributed by atoms with van der Waals surface area (Å²) in [5.41, 5.74) is 1.54. The maximum absolute atomic E-state index is 13.4. The summed E-state index contributed by atoms with van der Waals surface area (Å²) in [7, 11) is 1.52. The van der Waals surface area contributed by atoms with Crippen molar-refractivity contribution >= 4 is 23.2 Å². The quantitative estimate of drug-likeness (QED) is 0.686. The molecule has 146 valence electrons. The van der Waals surface area contributed by atoms with E-state index in [0.717, 1.165) is 0 Å². The average Bonchev–Trinajstić information content (AvgIpc) is 2.69. The van der Waals surface area contributed by atoms with E-state index in [9.17, 15) is 13.6 Å². The largest absolute Gasteiger partial charge is 0.382 e.